The van der Waals surface area contributed by atoms with Crippen LogP contribution in [-0.2, 0) is 17.6 Å². The van der Waals surface area contributed by atoms with E-state index in [1.165, 1.54) is 40.4 Å². The van der Waals surface area contributed by atoms with Gasteiger partial charge in [0.15, 0.2) is 0 Å². The maximum Gasteiger partial charge on any atom is 0.0950 e. The average Bonchev–Trinajstić information content (AvgIpc) is 2.79. The van der Waals surface area contributed by atoms with Crippen molar-refractivity contribution in [2.45, 2.75) is 25.4 Å². The topological polar surface area (TPSA) is 21.3 Å². The van der Waals surface area contributed by atoms with Crippen LogP contribution in [0.2, 0.25) is 0 Å². The predicted octanol–water partition coefficient (Wildman–Crippen LogP) is 2.60. The fraction of sp³-hybridized carbons (Fsp3) is 0.538. The Balaban J connectivity index is 1.92. The summed E-state index contributed by atoms with van der Waals surface area (Å²) >= 11 is 3.69. The van der Waals surface area contributed by atoms with Gasteiger partial charge in [0.25, 0.3) is 0 Å². The fourth-order valence-corrected chi connectivity index (χ4v) is 3.36. The second-order valence-electron chi connectivity index (χ2n) is 4.56. The number of benzene rings is 1. The Morgan fingerprint density at radius 2 is 2.25 bits per heavy atom. The zero-order valence-electron chi connectivity index (χ0n) is 9.26. The summed E-state index contributed by atoms with van der Waals surface area (Å²) in [5.74, 6) is 0. The van der Waals surface area contributed by atoms with Gasteiger partial charge in [-0.1, -0.05) is 22.0 Å². The van der Waals surface area contributed by atoms with Crippen LogP contribution in [0.1, 0.15) is 29.2 Å². The number of fused-ring (bicyclic) bond motifs is 1. The van der Waals surface area contributed by atoms with Gasteiger partial charge in [-0.15, -0.1) is 0 Å². The molecular formula is C13H16BrNO. The molecule has 1 N–H and O–H groups in total. The quantitative estimate of drug-likeness (QED) is 0.855. The molecule has 86 valence electrons. The van der Waals surface area contributed by atoms with E-state index in [0.29, 0.717) is 0 Å². The van der Waals surface area contributed by atoms with Gasteiger partial charge < -0.3 is 10.1 Å². The van der Waals surface area contributed by atoms with Gasteiger partial charge in [-0.25, -0.2) is 0 Å². The summed E-state index contributed by atoms with van der Waals surface area (Å²) in [6.45, 7) is 2.73. The van der Waals surface area contributed by atoms with E-state index in [1.807, 2.05) is 0 Å². The van der Waals surface area contributed by atoms with Crippen LogP contribution in [0.25, 0.3) is 0 Å². The Morgan fingerprint density at radius 3 is 3.06 bits per heavy atom. The number of hydrogen-bond acceptors (Lipinski definition) is 2. The van der Waals surface area contributed by atoms with E-state index >= 15 is 0 Å². The molecule has 0 bridgehead atoms. The van der Waals surface area contributed by atoms with Crippen molar-refractivity contribution in [2.24, 2.45) is 0 Å². The standard InChI is InChI=1S/C13H16BrNO/c14-12-7-10(13-8-15-4-5-16-13)6-9-2-1-3-11(9)12/h6-7,13,15H,1-5,8H2. The molecule has 0 radical (unpaired) electrons. The second kappa shape index (κ2) is 4.47. The first-order valence-electron chi connectivity index (χ1n) is 5.98. The maximum atomic E-state index is 5.80. The third-order valence-corrected chi connectivity index (χ3v) is 4.19. The Kier molecular flexibility index (Phi) is 3.01. The molecule has 2 nitrogen and oxygen atoms in total. The minimum atomic E-state index is 0.232. The van der Waals surface area contributed by atoms with Crippen molar-refractivity contribution >= 4 is 15.9 Å². The van der Waals surface area contributed by atoms with E-state index in [2.05, 4.69) is 33.4 Å². The first-order chi connectivity index (χ1) is 7.84. The second-order valence-corrected chi connectivity index (χ2v) is 5.41. The first kappa shape index (κ1) is 10.8. The Bertz CT molecular complexity index is 399. The van der Waals surface area contributed by atoms with Gasteiger partial charge in [-0.3, -0.25) is 0 Å². The lowest BCUT2D eigenvalue weighted by Gasteiger charge is -2.24. The Labute approximate surface area is 105 Å². The zero-order valence-corrected chi connectivity index (χ0v) is 10.8. The molecule has 0 aromatic heterocycles. The monoisotopic (exact) mass is 281 g/mol. The van der Waals surface area contributed by atoms with Crippen molar-refractivity contribution in [3.63, 3.8) is 0 Å². The van der Waals surface area contributed by atoms with Crippen molar-refractivity contribution in [3.8, 4) is 0 Å². The molecule has 1 fully saturated rings. The van der Waals surface area contributed by atoms with E-state index < -0.39 is 0 Å². The highest BCUT2D eigenvalue weighted by molar-refractivity contribution is 9.10. The van der Waals surface area contributed by atoms with Gasteiger partial charge in [0, 0.05) is 17.6 Å². The van der Waals surface area contributed by atoms with Crippen molar-refractivity contribution in [2.75, 3.05) is 19.7 Å². The summed E-state index contributed by atoms with van der Waals surface area (Å²) in [6, 6.07) is 4.58. The molecule has 0 spiro atoms. The van der Waals surface area contributed by atoms with Crippen LogP contribution >= 0.6 is 15.9 Å². The third-order valence-electron chi connectivity index (χ3n) is 3.48. The molecule has 3 heteroatoms. The number of ether oxygens (including phenoxy) is 1. The van der Waals surface area contributed by atoms with Crippen LogP contribution < -0.4 is 5.32 Å². The van der Waals surface area contributed by atoms with Crippen molar-refractivity contribution < 1.29 is 4.74 Å². The fourth-order valence-electron chi connectivity index (χ4n) is 2.64. The first-order valence-corrected chi connectivity index (χ1v) is 6.77. The predicted molar refractivity (Wildman–Crippen MR) is 67.7 cm³/mol. The molecule has 0 amide bonds. The lowest BCUT2D eigenvalue weighted by Crippen LogP contribution is -2.33. The highest BCUT2D eigenvalue weighted by Crippen LogP contribution is 2.33. The summed E-state index contributed by atoms with van der Waals surface area (Å²) in [7, 11) is 0. The molecule has 1 aromatic carbocycles. The molecule has 1 aliphatic heterocycles. The normalized spacial score (nSPS) is 24.4. The molecule has 3 rings (SSSR count). The summed E-state index contributed by atoms with van der Waals surface area (Å²) in [5, 5.41) is 3.38. The van der Waals surface area contributed by atoms with E-state index in [0.717, 1.165) is 19.7 Å². The average molecular weight is 282 g/mol. The van der Waals surface area contributed by atoms with E-state index in [-0.39, 0.29) is 6.10 Å². The molecule has 0 saturated carbocycles. The smallest absolute Gasteiger partial charge is 0.0950 e. The zero-order chi connectivity index (χ0) is 11.0. The molecule has 1 unspecified atom stereocenters. The summed E-state index contributed by atoms with van der Waals surface area (Å²) < 4.78 is 7.07. The largest absolute Gasteiger partial charge is 0.371 e. The van der Waals surface area contributed by atoms with Gasteiger partial charge in [0.05, 0.1) is 12.7 Å². The summed E-state index contributed by atoms with van der Waals surface area (Å²) in [4.78, 5) is 0. The summed E-state index contributed by atoms with van der Waals surface area (Å²) in [5.41, 5.74) is 4.34. The van der Waals surface area contributed by atoms with Gasteiger partial charge in [-0.05, 0) is 42.0 Å². The highest BCUT2D eigenvalue weighted by atomic mass is 79.9. The molecule has 1 saturated heterocycles. The van der Waals surface area contributed by atoms with E-state index in [1.54, 1.807) is 0 Å². The number of nitrogens with one attached hydrogen (secondary N) is 1. The Hall–Kier alpha value is -0.380. The minimum absolute atomic E-state index is 0.232. The van der Waals surface area contributed by atoms with Crippen molar-refractivity contribution in [1.29, 1.82) is 0 Å². The lowest BCUT2D eigenvalue weighted by atomic mass is 10.0. The Morgan fingerprint density at radius 1 is 1.31 bits per heavy atom. The highest BCUT2D eigenvalue weighted by Gasteiger charge is 2.20. The van der Waals surface area contributed by atoms with Crippen LogP contribution in [0.4, 0.5) is 0 Å². The minimum Gasteiger partial charge on any atom is -0.371 e. The molecule has 1 heterocycles. The van der Waals surface area contributed by atoms with Crippen molar-refractivity contribution in [3.05, 3.63) is 33.3 Å². The molecule has 1 atom stereocenters. The molecular weight excluding hydrogens is 266 g/mol. The maximum absolute atomic E-state index is 5.80. The number of hydrogen-bond donors (Lipinski definition) is 1. The third kappa shape index (κ3) is 1.92. The number of rotatable bonds is 1. The van der Waals surface area contributed by atoms with Crippen LogP contribution in [0.5, 0.6) is 0 Å². The van der Waals surface area contributed by atoms with Gasteiger partial charge in [0.2, 0.25) is 0 Å². The van der Waals surface area contributed by atoms with Crippen LogP contribution in [0.3, 0.4) is 0 Å². The van der Waals surface area contributed by atoms with E-state index in [4.69, 9.17) is 4.74 Å². The van der Waals surface area contributed by atoms with Crippen molar-refractivity contribution in [1.82, 2.24) is 5.32 Å². The van der Waals surface area contributed by atoms with Crippen LogP contribution in [0.15, 0.2) is 16.6 Å². The van der Waals surface area contributed by atoms with Gasteiger partial charge in [-0.2, -0.15) is 0 Å². The summed E-state index contributed by atoms with van der Waals surface area (Å²) in [6.07, 6.45) is 3.97. The molecule has 1 aliphatic carbocycles. The lowest BCUT2D eigenvalue weighted by molar-refractivity contribution is 0.0276. The number of morpholine rings is 1. The van der Waals surface area contributed by atoms with Crippen LogP contribution in [0, 0.1) is 0 Å². The van der Waals surface area contributed by atoms with Crippen LogP contribution in [-0.4, -0.2) is 19.7 Å². The van der Waals surface area contributed by atoms with Gasteiger partial charge >= 0.3 is 0 Å². The molecule has 1 aromatic rings. The number of halogens is 1. The molecule has 2 aliphatic rings. The van der Waals surface area contributed by atoms with E-state index in [9.17, 15) is 0 Å². The van der Waals surface area contributed by atoms with Gasteiger partial charge in [0.1, 0.15) is 0 Å². The SMILES string of the molecule is Brc1cc(C2CNCCO2)cc2c1CCC2. The molecule has 16 heavy (non-hydrogen) atoms. The number of aryl methyl sites for hydroxylation is 1.